The topological polar surface area (TPSA) is 20.2 Å². The predicted octanol–water partition coefficient (Wildman–Crippen LogP) is -0.00390. The van der Waals surface area contributed by atoms with E-state index in [1.807, 2.05) is 0 Å². The Morgan fingerprint density at radius 1 is 1.75 bits per heavy atom. The fourth-order valence-corrected chi connectivity index (χ4v) is 0. The fraction of sp³-hybridized carbons (Fsp3) is 1.00. The van der Waals surface area contributed by atoms with Crippen molar-refractivity contribution in [3.8, 4) is 0 Å². The molecule has 0 aliphatic rings. The Balaban J connectivity index is 0. The molecule has 0 aromatic rings. The van der Waals surface area contributed by atoms with Gasteiger partial charge in [-0.3, -0.25) is 0 Å². The van der Waals surface area contributed by atoms with Crippen LogP contribution in [0.15, 0.2) is 0 Å². The molecular formula is C2H6OZn+2. The Labute approximate surface area is 38.8 Å². The molecule has 0 saturated carbocycles. The second kappa shape index (κ2) is 9.54. The van der Waals surface area contributed by atoms with Crippen LogP contribution in [-0.2, 0) is 19.5 Å². The Hall–Kier alpha value is 0.583. The number of hydrogen-bond acceptors (Lipinski definition) is 1. The van der Waals surface area contributed by atoms with Gasteiger partial charge in [0.05, 0.1) is 0 Å². The fourth-order valence-electron chi connectivity index (χ4n) is 0. The Morgan fingerprint density at radius 2 is 1.75 bits per heavy atom. The average molecular weight is 111 g/mol. The number of hydrogen-bond donors (Lipinski definition) is 1. The summed E-state index contributed by atoms with van der Waals surface area (Å²) >= 11 is 0. The zero-order valence-electron chi connectivity index (χ0n) is 2.86. The van der Waals surface area contributed by atoms with Crippen LogP contribution in [0.1, 0.15) is 6.92 Å². The molecule has 0 aliphatic carbocycles. The standard InChI is InChI=1S/C2H6O.Zn/c1-2-3;/h3H,2H2,1H3;/q;+2. The number of aliphatic hydroxyl groups excluding tert-OH is 1. The third-order valence-corrected chi connectivity index (χ3v) is 0. The van der Waals surface area contributed by atoms with Crippen molar-refractivity contribution < 1.29 is 24.6 Å². The summed E-state index contributed by atoms with van der Waals surface area (Å²) in [6.45, 7) is 1.93. The summed E-state index contributed by atoms with van der Waals surface area (Å²) in [6, 6.07) is 0. The molecule has 0 amide bonds. The minimum Gasteiger partial charge on any atom is -0.397 e. The smallest absolute Gasteiger partial charge is 0.397 e. The zero-order valence-corrected chi connectivity index (χ0v) is 5.83. The van der Waals surface area contributed by atoms with Gasteiger partial charge in [0, 0.05) is 6.61 Å². The molecule has 0 aliphatic heterocycles. The summed E-state index contributed by atoms with van der Waals surface area (Å²) in [4.78, 5) is 0. The minimum absolute atomic E-state index is 0. The summed E-state index contributed by atoms with van der Waals surface area (Å²) in [5, 5.41) is 7.57. The van der Waals surface area contributed by atoms with Gasteiger partial charge in [0.2, 0.25) is 0 Å². The van der Waals surface area contributed by atoms with E-state index in [4.69, 9.17) is 5.11 Å². The molecule has 0 unspecified atom stereocenters. The van der Waals surface area contributed by atoms with E-state index in [-0.39, 0.29) is 26.1 Å². The molecular weight excluding hydrogens is 105 g/mol. The van der Waals surface area contributed by atoms with Gasteiger partial charge in [-0.2, -0.15) is 0 Å². The van der Waals surface area contributed by atoms with Gasteiger partial charge in [-0.25, -0.2) is 0 Å². The molecule has 0 saturated heterocycles. The average Bonchev–Trinajstić information content (AvgIpc) is 0.918. The van der Waals surface area contributed by atoms with Crippen molar-refractivity contribution >= 4 is 0 Å². The van der Waals surface area contributed by atoms with Gasteiger partial charge >= 0.3 is 19.5 Å². The van der Waals surface area contributed by atoms with Crippen LogP contribution in [-0.4, -0.2) is 11.7 Å². The molecule has 0 aromatic heterocycles. The van der Waals surface area contributed by atoms with E-state index in [0.29, 0.717) is 0 Å². The van der Waals surface area contributed by atoms with Crippen LogP contribution in [0.2, 0.25) is 0 Å². The van der Waals surface area contributed by atoms with Crippen molar-refractivity contribution in [2.24, 2.45) is 0 Å². The van der Waals surface area contributed by atoms with E-state index in [2.05, 4.69) is 0 Å². The van der Waals surface area contributed by atoms with E-state index in [1.54, 1.807) is 6.92 Å². The second-order valence-corrected chi connectivity index (χ2v) is 0.316. The molecule has 20 valence electrons. The van der Waals surface area contributed by atoms with Crippen molar-refractivity contribution in [1.29, 1.82) is 0 Å². The van der Waals surface area contributed by atoms with E-state index >= 15 is 0 Å². The molecule has 0 fully saturated rings. The predicted molar refractivity (Wildman–Crippen MR) is 12.8 cm³/mol. The van der Waals surface area contributed by atoms with Gasteiger partial charge in [0.15, 0.2) is 0 Å². The molecule has 0 heterocycles. The first kappa shape index (κ1) is 8.82. The van der Waals surface area contributed by atoms with E-state index < -0.39 is 0 Å². The first-order chi connectivity index (χ1) is 1.41. The van der Waals surface area contributed by atoms with Gasteiger partial charge in [-0.1, -0.05) is 0 Å². The zero-order chi connectivity index (χ0) is 2.71. The summed E-state index contributed by atoms with van der Waals surface area (Å²) in [7, 11) is 0. The summed E-state index contributed by atoms with van der Waals surface area (Å²) in [6.07, 6.45) is 0. The van der Waals surface area contributed by atoms with Gasteiger partial charge in [-0.05, 0) is 6.92 Å². The normalized spacial score (nSPS) is 4.50. The first-order valence-corrected chi connectivity index (χ1v) is 1.02. The molecule has 0 atom stereocenters. The molecule has 1 nitrogen and oxygen atoms in total. The molecule has 4 heavy (non-hydrogen) atoms. The summed E-state index contributed by atoms with van der Waals surface area (Å²) < 4.78 is 0. The second-order valence-electron chi connectivity index (χ2n) is 0.316. The molecule has 0 aromatic carbocycles. The van der Waals surface area contributed by atoms with Crippen molar-refractivity contribution in [2.75, 3.05) is 6.61 Å². The number of aliphatic hydroxyl groups is 1. The van der Waals surface area contributed by atoms with Gasteiger partial charge in [0.1, 0.15) is 0 Å². The van der Waals surface area contributed by atoms with Crippen LogP contribution < -0.4 is 0 Å². The maximum Gasteiger partial charge on any atom is 2.00 e. The van der Waals surface area contributed by atoms with E-state index in [9.17, 15) is 0 Å². The minimum atomic E-state index is 0. The van der Waals surface area contributed by atoms with Gasteiger partial charge in [-0.15, -0.1) is 0 Å². The molecule has 2 heteroatoms. The van der Waals surface area contributed by atoms with Crippen molar-refractivity contribution in [3.63, 3.8) is 0 Å². The third-order valence-electron chi connectivity index (χ3n) is 0. The van der Waals surface area contributed by atoms with Crippen LogP contribution in [0, 0.1) is 0 Å². The first-order valence-electron chi connectivity index (χ1n) is 1.02. The maximum absolute atomic E-state index is 7.57. The Bertz CT molecular complexity index is 6.00. The summed E-state index contributed by atoms with van der Waals surface area (Å²) in [5.74, 6) is 0. The maximum atomic E-state index is 7.57. The van der Waals surface area contributed by atoms with Crippen molar-refractivity contribution in [1.82, 2.24) is 0 Å². The van der Waals surface area contributed by atoms with Crippen molar-refractivity contribution in [2.45, 2.75) is 6.92 Å². The monoisotopic (exact) mass is 110 g/mol. The largest absolute Gasteiger partial charge is 2.00 e. The Kier molecular flexibility index (Phi) is 21.0. The van der Waals surface area contributed by atoms with Gasteiger partial charge < -0.3 is 5.11 Å². The molecule has 0 rings (SSSR count). The van der Waals surface area contributed by atoms with Crippen LogP contribution >= 0.6 is 0 Å². The van der Waals surface area contributed by atoms with Crippen LogP contribution in [0.3, 0.4) is 0 Å². The quantitative estimate of drug-likeness (QED) is 0.436. The van der Waals surface area contributed by atoms with Crippen LogP contribution in [0.5, 0.6) is 0 Å². The number of rotatable bonds is 0. The van der Waals surface area contributed by atoms with Crippen LogP contribution in [0.4, 0.5) is 0 Å². The molecule has 0 bridgehead atoms. The molecule has 0 radical (unpaired) electrons. The third kappa shape index (κ3) is 19.0. The van der Waals surface area contributed by atoms with E-state index in [0.717, 1.165) is 0 Å². The molecule has 0 spiro atoms. The SMILES string of the molecule is CCO.[Zn+2]. The van der Waals surface area contributed by atoms with Crippen LogP contribution in [0.25, 0.3) is 0 Å². The summed E-state index contributed by atoms with van der Waals surface area (Å²) in [5.41, 5.74) is 0. The van der Waals surface area contributed by atoms with E-state index in [1.165, 1.54) is 0 Å². The Morgan fingerprint density at radius 3 is 1.75 bits per heavy atom. The van der Waals surface area contributed by atoms with Gasteiger partial charge in [0.25, 0.3) is 0 Å². The molecule has 1 N–H and O–H groups in total. The van der Waals surface area contributed by atoms with Crippen molar-refractivity contribution in [3.05, 3.63) is 0 Å².